The van der Waals surface area contributed by atoms with Crippen molar-refractivity contribution in [2.75, 3.05) is 4.90 Å². The molecule has 0 bridgehead atoms. The Labute approximate surface area is 200 Å². The minimum absolute atomic E-state index is 0. The number of furan rings is 1. The van der Waals surface area contributed by atoms with Crippen molar-refractivity contribution in [3.63, 3.8) is 0 Å². The summed E-state index contributed by atoms with van der Waals surface area (Å²) in [6, 6.07) is 26.7. The van der Waals surface area contributed by atoms with Gasteiger partial charge in [0.1, 0.15) is 11.2 Å². The number of hydrogen-bond donors (Lipinski definition) is 0. The SMILES string of the molecule is Cc1cc2c(oc3ccccc32)c(C)c1N1c2ccc[c-]c2B2N=Cc3cccc1c32.[Ir]. The van der Waals surface area contributed by atoms with Gasteiger partial charge in [-0.05, 0) is 48.6 Å². The number of para-hydroxylation sites is 1. The summed E-state index contributed by atoms with van der Waals surface area (Å²) in [5.74, 6) is 0. The van der Waals surface area contributed by atoms with Crippen molar-refractivity contribution < 1.29 is 24.5 Å². The summed E-state index contributed by atoms with van der Waals surface area (Å²) in [5, 5.41) is 2.34. The first-order valence-corrected chi connectivity index (χ1v) is 10.6. The Morgan fingerprint density at radius 2 is 1.78 bits per heavy atom. The van der Waals surface area contributed by atoms with Crippen LogP contribution in [0.25, 0.3) is 21.9 Å². The van der Waals surface area contributed by atoms with Gasteiger partial charge < -0.3 is 14.2 Å². The van der Waals surface area contributed by atoms with Crippen LogP contribution in [-0.2, 0) is 20.1 Å². The first kappa shape index (κ1) is 19.5. The zero-order valence-electron chi connectivity index (χ0n) is 17.6. The van der Waals surface area contributed by atoms with Gasteiger partial charge in [0.05, 0.1) is 0 Å². The Morgan fingerprint density at radius 1 is 0.938 bits per heavy atom. The van der Waals surface area contributed by atoms with Gasteiger partial charge in [0.25, 0.3) is 0 Å². The van der Waals surface area contributed by atoms with Gasteiger partial charge in [0.15, 0.2) is 0 Å². The maximum atomic E-state index is 6.34. The molecule has 5 heteroatoms. The molecule has 0 saturated carbocycles. The summed E-state index contributed by atoms with van der Waals surface area (Å²) < 4.78 is 6.34. The molecule has 0 amide bonds. The molecule has 0 saturated heterocycles. The van der Waals surface area contributed by atoms with E-state index in [2.05, 4.69) is 73.3 Å². The fourth-order valence-corrected chi connectivity index (χ4v) is 5.37. The maximum absolute atomic E-state index is 6.34. The molecule has 2 aliphatic heterocycles. The number of aryl methyl sites for hydroxylation is 2. The molecule has 0 aliphatic carbocycles. The maximum Gasteiger partial charge on any atom is 0.324 e. The van der Waals surface area contributed by atoms with Crippen molar-refractivity contribution in [1.82, 2.24) is 0 Å². The van der Waals surface area contributed by atoms with Gasteiger partial charge in [-0.3, -0.25) is 0 Å². The monoisotopic (exact) mass is 590 g/mol. The van der Waals surface area contributed by atoms with Crippen LogP contribution >= 0.6 is 0 Å². The number of nitrogens with zero attached hydrogens (tertiary/aromatic N) is 2. The average Bonchev–Trinajstić information content (AvgIpc) is 3.39. The van der Waals surface area contributed by atoms with Crippen LogP contribution in [0.3, 0.4) is 0 Å². The average molecular weight is 589 g/mol. The van der Waals surface area contributed by atoms with E-state index >= 15 is 0 Å². The molecule has 0 atom stereocenters. The zero-order chi connectivity index (χ0) is 20.7. The van der Waals surface area contributed by atoms with E-state index in [4.69, 9.17) is 9.32 Å². The van der Waals surface area contributed by atoms with Crippen LogP contribution in [0.1, 0.15) is 16.7 Å². The molecular weight excluding hydrogens is 571 g/mol. The van der Waals surface area contributed by atoms with Gasteiger partial charge in [0.2, 0.25) is 0 Å². The van der Waals surface area contributed by atoms with E-state index in [-0.39, 0.29) is 27.0 Å². The van der Waals surface area contributed by atoms with Gasteiger partial charge in [0, 0.05) is 54.0 Å². The molecule has 0 N–H and O–H groups in total. The van der Waals surface area contributed by atoms with Crippen LogP contribution in [0.5, 0.6) is 0 Å². The number of fused-ring (bicyclic) bond motifs is 5. The van der Waals surface area contributed by atoms with Crippen molar-refractivity contribution in [2.24, 2.45) is 4.90 Å². The van der Waals surface area contributed by atoms with Gasteiger partial charge >= 0.3 is 6.85 Å². The quantitative estimate of drug-likeness (QED) is 0.196. The zero-order valence-corrected chi connectivity index (χ0v) is 20.0. The van der Waals surface area contributed by atoms with Crippen LogP contribution < -0.4 is 15.8 Å². The van der Waals surface area contributed by atoms with E-state index < -0.39 is 0 Å². The van der Waals surface area contributed by atoms with Crippen LogP contribution in [0.15, 0.2) is 76.1 Å². The summed E-state index contributed by atoms with van der Waals surface area (Å²) >= 11 is 0. The molecule has 0 spiro atoms. The van der Waals surface area contributed by atoms with E-state index in [1.807, 2.05) is 24.4 Å². The Hall–Kier alpha value is -3.14. The van der Waals surface area contributed by atoms with Crippen LogP contribution in [0.2, 0.25) is 0 Å². The fourth-order valence-electron chi connectivity index (χ4n) is 5.37. The smallest absolute Gasteiger partial charge is 0.324 e. The summed E-state index contributed by atoms with van der Waals surface area (Å²) in [4.78, 5) is 7.21. The second kappa shape index (κ2) is 6.93. The number of rotatable bonds is 1. The minimum Gasteiger partial charge on any atom is -0.456 e. The minimum atomic E-state index is 0. The first-order chi connectivity index (χ1) is 15.2. The van der Waals surface area contributed by atoms with E-state index in [1.165, 1.54) is 33.4 Å². The topological polar surface area (TPSA) is 28.7 Å². The molecule has 1 radical (unpaired) electrons. The second-order valence-electron chi connectivity index (χ2n) is 8.41. The molecule has 3 heterocycles. The Kier molecular flexibility index (Phi) is 4.23. The van der Waals surface area contributed by atoms with Gasteiger partial charge in [-0.2, -0.15) is 18.2 Å². The third-order valence-corrected chi connectivity index (χ3v) is 6.66. The molecule has 0 unspecified atom stereocenters. The predicted octanol–water partition coefficient (Wildman–Crippen LogP) is 5.32. The number of benzene rings is 4. The first-order valence-electron chi connectivity index (χ1n) is 10.6. The van der Waals surface area contributed by atoms with E-state index in [9.17, 15) is 0 Å². The number of hydrogen-bond acceptors (Lipinski definition) is 3. The van der Waals surface area contributed by atoms with E-state index in [0.29, 0.717) is 0 Å². The number of anilines is 3. The predicted molar refractivity (Wildman–Crippen MR) is 129 cm³/mol. The van der Waals surface area contributed by atoms with Crippen molar-refractivity contribution in [3.05, 3.63) is 89.5 Å². The second-order valence-corrected chi connectivity index (χ2v) is 8.41. The van der Waals surface area contributed by atoms with Crippen molar-refractivity contribution in [2.45, 2.75) is 13.8 Å². The van der Waals surface area contributed by atoms with Crippen molar-refractivity contribution in [1.29, 1.82) is 0 Å². The van der Waals surface area contributed by atoms with E-state index in [1.54, 1.807) is 0 Å². The molecule has 3 nitrogen and oxygen atoms in total. The third kappa shape index (κ3) is 2.44. The molecule has 0 fully saturated rings. The Morgan fingerprint density at radius 3 is 2.69 bits per heavy atom. The molecule has 7 rings (SSSR count). The summed E-state index contributed by atoms with van der Waals surface area (Å²) in [5.41, 5.74) is 11.3. The summed E-state index contributed by atoms with van der Waals surface area (Å²) in [7, 11) is 0. The Balaban J connectivity index is 0.00000196. The molecule has 2 aliphatic rings. The summed E-state index contributed by atoms with van der Waals surface area (Å²) in [6.07, 6.45) is 2.00. The van der Waals surface area contributed by atoms with Crippen LogP contribution in [-0.4, -0.2) is 13.1 Å². The van der Waals surface area contributed by atoms with Gasteiger partial charge in [-0.25, -0.2) is 0 Å². The van der Waals surface area contributed by atoms with Crippen LogP contribution in [0, 0.1) is 19.9 Å². The molecule has 4 aromatic carbocycles. The molecule has 32 heavy (non-hydrogen) atoms. The third-order valence-electron chi connectivity index (χ3n) is 6.66. The van der Waals surface area contributed by atoms with E-state index in [0.717, 1.165) is 33.3 Å². The molecule has 1 aromatic heterocycles. The van der Waals surface area contributed by atoms with Gasteiger partial charge in [-0.15, -0.1) is 11.5 Å². The standard InChI is InChI=1S/C27H18BN2O.Ir/c1-16-14-20-19-9-3-6-13-24(19)31-27(20)17(2)26(16)30-22-11-5-4-10-21(22)28-25-18(15-29-28)8-7-12-23(25)30;/h3-9,11-15H,1-2H3;/q-1;. The Bertz CT molecular complexity index is 1590. The van der Waals surface area contributed by atoms with Crippen molar-refractivity contribution >= 4 is 63.0 Å². The molecule has 5 aromatic rings. The largest absolute Gasteiger partial charge is 0.456 e. The molecular formula is C27H18BIrN2O-. The normalized spacial score (nSPS) is 13.4. The van der Waals surface area contributed by atoms with Crippen LogP contribution in [0.4, 0.5) is 17.1 Å². The fraction of sp³-hybridized carbons (Fsp3) is 0.0741. The van der Waals surface area contributed by atoms with Crippen molar-refractivity contribution in [3.8, 4) is 0 Å². The summed E-state index contributed by atoms with van der Waals surface area (Å²) in [6.45, 7) is 4.39. The van der Waals surface area contributed by atoms with Gasteiger partial charge in [-0.1, -0.05) is 36.0 Å². The molecule has 155 valence electrons.